The number of hydrogen-bond acceptors (Lipinski definition) is 4. The maximum atomic E-state index is 11.1. The highest BCUT2D eigenvalue weighted by Crippen LogP contribution is 2.28. The Kier molecular flexibility index (Phi) is 6.14. The van der Waals surface area contributed by atoms with Crippen molar-refractivity contribution < 1.29 is 14.8 Å². The minimum atomic E-state index is -0.787. The number of anilines is 1. The first-order valence-corrected chi connectivity index (χ1v) is 7.06. The molecule has 0 bridgehead atoms. The first-order valence-electron chi connectivity index (χ1n) is 7.06. The molecular weight excluding hydrogens is 272 g/mol. The standard InChI is InChI=1S/C15H22N2O4/c1-10-6-5-9-13(14(10)17(20)21)16-12(3)8-4-7-11(2)15(18)19/h5-6,9,11-12,16H,4,7-8H2,1-3H3,(H,18,19). The van der Waals surface area contributed by atoms with Crippen molar-refractivity contribution in [3.8, 4) is 0 Å². The molecule has 1 rings (SSSR count). The molecule has 0 saturated carbocycles. The van der Waals surface area contributed by atoms with E-state index in [9.17, 15) is 14.9 Å². The molecule has 0 fully saturated rings. The molecule has 0 aromatic heterocycles. The summed E-state index contributed by atoms with van der Waals surface area (Å²) in [4.78, 5) is 21.5. The number of para-hydroxylation sites is 1. The molecule has 0 saturated heterocycles. The third-order valence-corrected chi connectivity index (χ3v) is 3.52. The van der Waals surface area contributed by atoms with Crippen LogP contribution >= 0.6 is 0 Å². The van der Waals surface area contributed by atoms with E-state index < -0.39 is 5.97 Å². The molecule has 1 aromatic carbocycles. The van der Waals surface area contributed by atoms with Gasteiger partial charge in [-0.25, -0.2) is 0 Å². The topological polar surface area (TPSA) is 92.5 Å². The Morgan fingerprint density at radius 1 is 1.38 bits per heavy atom. The lowest BCUT2D eigenvalue weighted by Gasteiger charge is -2.16. The van der Waals surface area contributed by atoms with Gasteiger partial charge in [0, 0.05) is 11.6 Å². The molecule has 0 radical (unpaired) electrons. The van der Waals surface area contributed by atoms with Gasteiger partial charge in [-0.15, -0.1) is 0 Å². The number of nitro benzene ring substituents is 1. The molecule has 6 heteroatoms. The number of carboxylic acids is 1. The van der Waals surface area contributed by atoms with Crippen LogP contribution in [0, 0.1) is 23.0 Å². The number of benzene rings is 1. The van der Waals surface area contributed by atoms with Crippen molar-refractivity contribution in [1.29, 1.82) is 0 Å². The van der Waals surface area contributed by atoms with Crippen LogP contribution in [0.1, 0.15) is 38.7 Å². The summed E-state index contributed by atoms with van der Waals surface area (Å²) in [5.74, 6) is -1.14. The first-order chi connectivity index (χ1) is 9.82. The summed E-state index contributed by atoms with van der Waals surface area (Å²) in [5, 5.41) is 23.1. The Balaban J connectivity index is 2.59. The van der Waals surface area contributed by atoms with Crippen LogP contribution in [0.4, 0.5) is 11.4 Å². The minimum absolute atomic E-state index is 0.0477. The predicted octanol–water partition coefficient (Wildman–Crippen LogP) is 3.59. The third-order valence-electron chi connectivity index (χ3n) is 3.52. The third kappa shape index (κ3) is 5.06. The van der Waals surface area contributed by atoms with E-state index in [4.69, 9.17) is 5.11 Å². The van der Waals surface area contributed by atoms with Gasteiger partial charge < -0.3 is 10.4 Å². The van der Waals surface area contributed by atoms with E-state index in [1.54, 1.807) is 32.0 Å². The van der Waals surface area contributed by atoms with Crippen molar-refractivity contribution in [2.45, 2.75) is 46.1 Å². The Morgan fingerprint density at radius 3 is 2.62 bits per heavy atom. The van der Waals surface area contributed by atoms with Gasteiger partial charge in [0.05, 0.1) is 10.8 Å². The monoisotopic (exact) mass is 294 g/mol. The zero-order valence-electron chi connectivity index (χ0n) is 12.6. The Hall–Kier alpha value is -2.11. The molecule has 21 heavy (non-hydrogen) atoms. The average Bonchev–Trinajstić information content (AvgIpc) is 2.37. The molecule has 2 unspecified atom stereocenters. The molecule has 116 valence electrons. The number of nitro groups is 1. The van der Waals surface area contributed by atoms with Gasteiger partial charge in [-0.05, 0) is 32.8 Å². The summed E-state index contributed by atoms with van der Waals surface area (Å²) >= 11 is 0. The quantitative estimate of drug-likeness (QED) is 0.564. The summed E-state index contributed by atoms with van der Waals surface area (Å²) in [6.45, 7) is 5.34. The van der Waals surface area contributed by atoms with Crippen molar-refractivity contribution >= 4 is 17.3 Å². The largest absolute Gasteiger partial charge is 0.481 e. The van der Waals surface area contributed by atoms with Crippen LogP contribution in [0.2, 0.25) is 0 Å². The van der Waals surface area contributed by atoms with Gasteiger partial charge in [0.2, 0.25) is 0 Å². The maximum Gasteiger partial charge on any atom is 0.306 e. The zero-order valence-corrected chi connectivity index (χ0v) is 12.6. The molecule has 1 aromatic rings. The lowest BCUT2D eigenvalue weighted by Crippen LogP contribution is -2.17. The van der Waals surface area contributed by atoms with E-state index >= 15 is 0 Å². The number of rotatable bonds is 8. The lowest BCUT2D eigenvalue weighted by atomic mass is 10.0. The fourth-order valence-corrected chi connectivity index (χ4v) is 2.21. The van der Waals surface area contributed by atoms with Gasteiger partial charge in [0.1, 0.15) is 5.69 Å². The van der Waals surface area contributed by atoms with Crippen molar-refractivity contribution in [1.82, 2.24) is 0 Å². The normalized spacial score (nSPS) is 13.5. The average molecular weight is 294 g/mol. The predicted molar refractivity (Wildman–Crippen MR) is 81.6 cm³/mol. The highest BCUT2D eigenvalue weighted by molar-refractivity contribution is 5.69. The number of carboxylic acid groups (broad SMARTS) is 1. The first kappa shape index (κ1) is 16.9. The Labute approximate surface area is 124 Å². The van der Waals surface area contributed by atoms with Gasteiger partial charge in [0.15, 0.2) is 0 Å². The molecule has 0 aliphatic rings. The van der Waals surface area contributed by atoms with Crippen LogP contribution in [0.15, 0.2) is 18.2 Å². The van der Waals surface area contributed by atoms with Crippen LogP contribution in [0.25, 0.3) is 0 Å². The maximum absolute atomic E-state index is 11.1. The molecule has 0 amide bonds. The van der Waals surface area contributed by atoms with Crippen LogP contribution in [0.3, 0.4) is 0 Å². The van der Waals surface area contributed by atoms with E-state index in [1.165, 1.54) is 0 Å². The Bertz CT molecular complexity index is 516. The molecule has 0 heterocycles. The van der Waals surface area contributed by atoms with Crippen molar-refractivity contribution in [3.05, 3.63) is 33.9 Å². The minimum Gasteiger partial charge on any atom is -0.481 e. The van der Waals surface area contributed by atoms with Crippen molar-refractivity contribution in [2.75, 3.05) is 5.32 Å². The SMILES string of the molecule is Cc1cccc(NC(C)CCCC(C)C(=O)O)c1[N+](=O)[O-]. The number of nitrogens with one attached hydrogen (secondary N) is 1. The van der Waals surface area contributed by atoms with Gasteiger partial charge >= 0.3 is 5.97 Å². The van der Waals surface area contributed by atoms with E-state index in [-0.39, 0.29) is 22.6 Å². The second kappa shape index (κ2) is 7.61. The molecule has 0 aliphatic heterocycles. The second-order valence-electron chi connectivity index (χ2n) is 5.44. The molecule has 0 aliphatic carbocycles. The van der Waals surface area contributed by atoms with Crippen LogP contribution < -0.4 is 5.32 Å². The van der Waals surface area contributed by atoms with Gasteiger partial charge in [-0.2, -0.15) is 0 Å². The molecule has 0 spiro atoms. The molecular formula is C15H22N2O4. The highest BCUT2D eigenvalue weighted by Gasteiger charge is 2.18. The fraction of sp³-hybridized carbons (Fsp3) is 0.533. The fourth-order valence-electron chi connectivity index (χ4n) is 2.21. The number of carbonyl (C=O) groups is 1. The zero-order chi connectivity index (χ0) is 16.0. The summed E-state index contributed by atoms with van der Waals surface area (Å²) < 4.78 is 0. The number of nitrogens with zero attached hydrogens (tertiary/aromatic N) is 1. The van der Waals surface area contributed by atoms with Crippen molar-refractivity contribution in [2.24, 2.45) is 5.92 Å². The second-order valence-corrected chi connectivity index (χ2v) is 5.44. The smallest absolute Gasteiger partial charge is 0.306 e. The summed E-state index contributed by atoms with van der Waals surface area (Å²) in [7, 11) is 0. The van der Waals surface area contributed by atoms with E-state index in [0.717, 1.165) is 12.8 Å². The lowest BCUT2D eigenvalue weighted by molar-refractivity contribution is -0.384. The molecule has 2 N–H and O–H groups in total. The van der Waals surface area contributed by atoms with Gasteiger partial charge in [-0.3, -0.25) is 14.9 Å². The molecule has 6 nitrogen and oxygen atoms in total. The number of aliphatic carboxylic acids is 1. The van der Waals surface area contributed by atoms with Gasteiger partial charge in [0.25, 0.3) is 5.69 Å². The van der Waals surface area contributed by atoms with E-state index in [0.29, 0.717) is 17.7 Å². The Morgan fingerprint density at radius 2 is 2.05 bits per heavy atom. The number of aryl methyl sites for hydroxylation is 1. The number of hydrogen-bond donors (Lipinski definition) is 2. The molecule has 2 atom stereocenters. The van der Waals surface area contributed by atoms with Crippen molar-refractivity contribution in [3.63, 3.8) is 0 Å². The summed E-state index contributed by atoms with van der Waals surface area (Å²) in [5.41, 5.74) is 1.23. The van der Waals surface area contributed by atoms with E-state index in [1.807, 2.05) is 6.92 Å². The van der Waals surface area contributed by atoms with Crippen LogP contribution in [-0.2, 0) is 4.79 Å². The van der Waals surface area contributed by atoms with E-state index in [2.05, 4.69) is 5.32 Å². The summed E-state index contributed by atoms with van der Waals surface area (Å²) in [6.07, 6.45) is 2.14. The van der Waals surface area contributed by atoms with Crippen LogP contribution in [0.5, 0.6) is 0 Å². The van der Waals surface area contributed by atoms with Crippen LogP contribution in [-0.4, -0.2) is 22.0 Å². The summed E-state index contributed by atoms with van der Waals surface area (Å²) in [6, 6.07) is 5.24. The van der Waals surface area contributed by atoms with Gasteiger partial charge in [-0.1, -0.05) is 25.5 Å². The highest BCUT2D eigenvalue weighted by atomic mass is 16.6.